The first-order valence-corrected chi connectivity index (χ1v) is 7.13. The Bertz CT molecular complexity index is 182. The van der Waals surface area contributed by atoms with E-state index >= 15 is 0 Å². The van der Waals surface area contributed by atoms with Crippen LogP contribution in [0.15, 0.2) is 0 Å². The summed E-state index contributed by atoms with van der Waals surface area (Å²) in [5.41, 5.74) is 0.401. The molecular weight excluding hydrogens is 204 g/mol. The lowest BCUT2D eigenvalue weighted by atomic mass is 9.92. The lowest BCUT2D eigenvalue weighted by molar-refractivity contribution is 0.181. The molecule has 0 radical (unpaired) electrons. The van der Waals surface area contributed by atoms with Crippen LogP contribution in [-0.4, -0.2) is 48.6 Å². The quantitative estimate of drug-likeness (QED) is 0.778. The van der Waals surface area contributed by atoms with Gasteiger partial charge in [0.25, 0.3) is 0 Å². The molecule has 0 aliphatic carbocycles. The molecule has 1 saturated heterocycles. The van der Waals surface area contributed by atoms with Crippen LogP contribution in [-0.2, 0) is 0 Å². The van der Waals surface area contributed by atoms with Gasteiger partial charge in [-0.3, -0.25) is 0 Å². The number of thioether (sulfide) groups is 1. The van der Waals surface area contributed by atoms with Gasteiger partial charge in [-0.1, -0.05) is 27.7 Å². The summed E-state index contributed by atoms with van der Waals surface area (Å²) in [6.07, 6.45) is 0. The molecule has 1 aliphatic heterocycles. The van der Waals surface area contributed by atoms with Crippen molar-refractivity contribution in [2.75, 3.05) is 38.5 Å². The second-order valence-corrected chi connectivity index (χ2v) is 6.91. The lowest BCUT2D eigenvalue weighted by Gasteiger charge is -2.37. The summed E-state index contributed by atoms with van der Waals surface area (Å²) in [5, 5.41) is 4.27. The van der Waals surface area contributed by atoms with Crippen LogP contribution < -0.4 is 5.32 Å². The van der Waals surface area contributed by atoms with E-state index in [1.165, 1.54) is 25.4 Å². The first-order valence-electron chi connectivity index (χ1n) is 6.08. The van der Waals surface area contributed by atoms with Crippen LogP contribution >= 0.6 is 11.8 Å². The molecule has 0 aromatic rings. The monoisotopic (exact) mass is 230 g/mol. The topological polar surface area (TPSA) is 15.3 Å². The second kappa shape index (κ2) is 6.12. The minimum Gasteiger partial charge on any atom is -0.316 e. The SMILES string of the molecule is CCNCC(C)(C)CN1CCSC(C)C1. The summed E-state index contributed by atoms with van der Waals surface area (Å²) in [4.78, 5) is 2.62. The summed E-state index contributed by atoms with van der Waals surface area (Å²) in [6.45, 7) is 15.2. The van der Waals surface area contributed by atoms with E-state index in [0.717, 1.165) is 18.3 Å². The number of rotatable bonds is 5. The summed E-state index contributed by atoms with van der Waals surface area (Å²) in [5.74, 6) is 1.30. The molecule has 1 heterocycles. The Morgan fingerprint density at radius 1 is 1.47 bits per heavy atom. The van der Waals surface area contributed by atoms with Crippen molar-refractivity contribution in [3.8, 4) is 0 Å². The highest BCUT2D eigenvalue weighted by atomic mass is 32.2. The minimum absolute atomic E-state index is 0.401. The first kappa shape index (κ1) is 13.3. The van der Waals surface area contributed by atoms with E-state index in [2.05, 4.69) is 49.7 Å². The van der Waals surface area contributed by atoms with Crippen LogP contribution in [0.25, 0.3) is 0 Å². The molecule has 0 spiro atoms. The van der Waals surface area contributed by atoms with Gasteiger partial charge in [0.2, 0.25) is 0 Å². The van der Waals surface area contributed by atoms with Gasteiger partial charge in [0.05, 0.1) is 0 Å². The van der Waals surface area contributed by atoms with Gasteiger partial charge in [-0.05, 0) is 12.0 Å². The number of hydrogen-bond donors (Lipinski definition) is 1. The molecule has 0 amide bonds. The largest absolute Gasteiger partial charge is 0.316 e. The Kier molecular flexibility index (Phi) is 5.44. The fourth-order valence-electron chi connectivity index (χ4n) is 2.16. The zero-order valence-corrected chi connectivity index (χ0v) is 11.5. The second-order valence-electron chi connectivity index (χ2n) is 5.36. The van der Waals surface area contributed by atoms with Gasteiger partial charge in [0.15, 0.2) is 0 Å². The molecule has 15 heavy (non-hydrogen) atoms. The molecule has 90 valence electrons. The van der Waals surface area contributed by atoms with E-state index in [1.807, 2.05) is 0 Å². The summed E-state index contributed by atoms with van der Waals surface area (Å²) >= 11 is 2.11. The van der Waals surface area contributed by atoms with Gasteiger partial charge in [0, 0.05) is 37.2 Å². The molecule has 0 bridgehead atoms. The van der Waals surface area contributed by atoms with Gasteiger partial charge < -0.3 is 10.2 Å². The highest BCUT2D eigenvalue weighted by Gasteiger charge is 2.24. The number of hydrogen-bond acceptors (Lipinski definition) is 3. The van der Waals surface area contributed by atoms with Crippen molar-refractivity contribution in [1.29, 1.82) is 0 Å². The number of nitrogens with zero attached hydrogens (tertiary/aromatic N) is 1. The van der Waals surface area contributed by atoms with Gasteiger partial charge in [-0.25, -0.2) is 0 Å². The molecular formula is C12H26N2S. The van der Waals surface area contributed by atoms with Crippen molar-refractivity contribution in [3.63, 3.8) is 0 Å². The highest BCUT2D eigenvalue weighted by molar-refractivity contribution is 7.99. The van der Waals surface area contributed by atoms with E-state index in [4.69, 9.17) is 0 Å². The van der Waals surface area contributed by atoms with E-state index in [-0.39, 0.29) is 0 Å². The van der Waals surface area contributed by atoms with Crippen LogP contribution in [0, 0.1) is 5.41 Å². The molecule has 0 aromatic carbocycles. The lowest BCUT2D eigenvalue weighted by Crippen LogP contribution is -2.45. The van der Waals surface area contributed by atoms with Crippen LogP contribution in [0.4, 0.5) is 0 Å². The average molecular weight is 230 g/mol. The van der Waals surface area contributed by atoms with E-state index < -0.39 is 0 Å². The zero-order chi connectivity index (χ0) is 11.3. The zero-order valence-electron chi connectivity index (χ0n) is 10.7. The third kappa shape index (κ3) is 5.23. The predicted octanol–water partition coefficient (Wildman–Crippen LogP) is 2.06. The molecule has 3 heteroatoms. The summed E-state index contributed by atoms with van der Waals surface area (Å²) < 4.78 is 0. The smallest absolute Gasteiger partial charge is 0.0147 e. The molecule has 1 atom stereocenters. The first-order chi connectivity index (χ1) is 7.03. The van der Waals surface area contributed by atoms with Gasteiger partial charge in [-0.2, -0.15) is 11.8 Å². The molecule has 0 saturated carbocycles. The van der Waals surface area contributed by atoms with Crippen LogP contribution in [0.1, 0.15) is 27.7 Å². The van der Waals surface area contributed by atoms with Crippen molar-refractivity contribution in [2.24, 2.45) is 5.41 Å². The van der Waals surface area contributed by atoms with Gasteiger partial charge >= 0.3 is 0 Å². The standard InChI is InChI=1S/C12H26N2S/c1-5-13-9-12(3,4)10-14-6-7-15-11(2)8-14/h11,13H,5-10H2,1-4H3. The number of nitrogens with one attached hydrogen (secondary N) is 1. The Balaban J connectivity index is 2.31. The Hall–Kier alpha value is 0.270. The van der Waals surface area contributed by atoms with Crippen molar-refractivity contribution in [1.82, 2.24) is 10.2 Å². The Morgan fingerprint density at radius 2 is 2.20 bits per heavy atom. The fourth-order valence-corrected chi connectivity index (χ4v) is 3.24. The van der Waals surface area contributed by atoms with E-state index in [1.54, 1.807) is 0 Å². The molecule has 1 rings (SSSR count). The fraction of sp³-hybridized carbons (Fsp3) is 1.00. The molecule has 1 N–H and O–H groups in total. The van der Waals surface area contributed by atoms with Crippen molar-refractivity contribution < 1.29 is 0 Å². The van der Waals surface area contributed by atoms with Crippen molar-refractivity contribution >= 4 is 11.8 Å². The van der Waals surface area contributed by atoms with Gasteiger partial charge in [0.1, 0.15) is 0 Å². The summed E-state index contributed by atoms with van der Waals surface area (Å²) in [6, 6.07) is 0. The van der Waals surface area contributed by atoms with Crippen molar-refractivity contribution in [2.45, 2.75) is 32.9 Å². The molecule has 1 unspecified atom stereocenters. The maximum Gasteiger partial charge on any atom is 0.0147 e. The van der Waals surface area contributed by atoms with Crippen LogP contribution in [0.3, 0.4) is 0 Å². The third-order valence-electron chi connectivity index (χ3n) is 2.83. The average Bonchev–Trinajstić information content (AvgIpc) is 2.14. The van der Waals surface area contributed by atoms with E-state index in [9.17, 15) is 0 Å². The molecule has 1 aliphatic rings. The highest BCUT2D eigenvalue weighted by Crippen LogP contribution is 2.22. The predicted molar refractivity (Wildman–Crippen MR) is 70.7 cm³/mol. The molecule has 1 fully saturated rings. The normalized spacial score (nSPS) is 24.4. The van der Waals surface area contributed by atoms with Crippen LogP contribution in [0.5, 0.6) is 0 Å². The minimum atomic E-state index is 0.401. The van der Waals surface area contributed by atoms with Gasteiger partial charge in [-0.15, -0.1) is 0 Å². The van der Waals surface area contributed by atoms with E-state index in [0.29, 0.717) is 5.41 Å². The molecule has 2 nitrogen and oxygen atoms in total. The molecule has 0 aromatic heterocycles. The van der Waals surface area contributed by atoms with Crippen molar-refractivity contribution in [3.05, 3.63) is 0 Å². The maximum absolute atomic E-state index is 3.46. The third-order valence-corrected chi connectivity index (χ3v) is 3.97. The van der Waals surface area contributed by atoms with Crippen LogP contribution in [0.2, 0.25) is 0 Å². The summed E-state index contributed by atoms with van der Waals surface area (Å²) in [7, 11) is 0. The Labute approximate surface area is 99.2 Å². The Morgan fingerprint density at radius 3 is 2.80 bits per heavy atom. The maximum atomic E-state index is 3.46.